The zero-order valence-electron chi connectivity index (χ0n) is 15.0. The molecule has 0 spiro atoms. The highest BCUT2D eigenvalue weighted by atomic mass is 16.2. The van der Waals surface area contributed by atoms with Crippen molar-refractivity contribution >= 4 is 5.91 Å². The number of nitrogens with zero attached hydrogens (tertiary/aromatic N) is 1. The Morgan fingerprint density at radius 1 is 1.24 bits per heavy atom. The SMILES string of the molecule is CCC(CC)CN(CC)C(=O)C1CCC(N)C(C)C1(C)C. The molecular weight excluding hydrogens is 260 g/mol. The van der Waals surface area contributed by atoms with E-state index in [1.165, 1.54) is 0 Å². The Morgan fingerprint density at radius 3 is 2.29 bits per heavy atom. The molecule has 1 amide bonds. The van der Waals surface area contributed by atoms with Gasteiger partial charge in [-0.2, -0.15) is 0 Å². The summed E-state index contributed by atoms with van der Waals surface area (Å²) >= 11 is 0. The lowest BCUT2D eigenvalue weighted by Gasteiger charge is -2.47. The van der Waals surface area contributed by atoms with Gasteiger partial charge in [-0.3, -0.25) is 4.79 Å². The van der Waals surface area contributed by atoms with E-state index < -0.39 is 0 Å². The highest BCUT2D eigenvalue weighted by Gasteiger charge is 2.46. The van der Waals surface area contributed by atoms with Crippen molar-refractivity contribution in [2.45, 2.75) is 73.3 Å². The molecule has 0 heterocycles. The molecule has 1 rings (SSSR count). The monoisotopic (exact) mass is 296 g/mol. The van der Waals surface area contributed by atoms with Crippen LogP contribution >= 0.6 is 0 Å². The van der Waals surface area contributed by atoms with E-state index in [0.29, 0.717) is 17.7 Å². The highest BCUT2D eigenvalue weighted by Crippen LogP contribution is 2.45. The first-order chi connectivity index (χ1) is 9.79. The Labute approximate surface area is 131 Å². The molecule has 2 N–H and O–H groups in total. The van der Waals surface area contributed by atoms with Crippen molar-refractivity contribution in [1.82, 2.24) is 4.90 Å². The van der Waals surface area contributed by atoms with Crippen LogP contribution in [0.2, 0.25) is 0 Å². The zero-order valence-corrected chi connectivity index (χ0v) is 15.0. The van der Waals surface area contributed by atoms with Crippen LogP contribution in [0.25, 0.3) is 0 Å². The molecule has 0 aromatic heterocycles. The lowest BCUT2D eigenvalue weighted by Crippen LogP contribution is -2.52. The maximum absolute atomic E-state index is 13.0. The van der Waals surface area contributed by atoms with Gasteiger partial charge in [0.1, 0.15) is 0 Å². The van der Waals surface area contributed by atoms with Crippen LogP contribution in [-0.4, -0.2) is 29.9 Å². The molecule has 3 atom stereocenters. The summed E-state index contributed by atoms with van der Waals surface area (Å²) in [5, 5.41) is 0. The standard InChI is InChI=1S/C18H36N2O/c1-7-14(8-2)12-20(9-3)17(21)15-10-11-16(19)13(4)18(15,5)6/h13-16H,7-12,19H2,1-6H3. The fraction of sp³-hybridized carbons (Fsp3) is 0.944. The summed E-state index contributed by atoms with van der Waals surface area (Å²) in [5.41, 5.74) is 6.22. The molecule has 1 aliphatic carbocycles. The first-order valence-electron chi connectivity index (χ1n) is 8.83. The number of hydrogen-bond donors (Lipinski definition) is 1. The van der Waals surface area contributed by atoms with Crippen LogP contribution < -0.4 is 5.73 Å². The quantitative estimate of drug-likeness (QED) is 0.813. The minimum absolute atomic E-state index is 0.00387. The fourth-order valence-electron chi connectivity index (χ4n) is 3.75. The van der Waals surface area contributed by atoms with Crippen molar-refractivity contribution in [2.24, 2.45) is 28.9 Å². The maximum atomic E-state index is 13.0. The van der Waals surface area contributed by atoms with Crippen LogP contribution in [0.15, 0.2) is 0 Å². The average Bonchev–Trinajstić information content (AvgIpc) is 2.46. The van der Waals surface area contributed by atoms with Gasteiger partial charge >= 0.3 is 0 Å². The minimum Gasteiger partial charge on any atom is -0.342 e. The van der Waals surface area contributed by atoms with E-state index >= 15 is 0 Å². The molecule has 1 saturated carbocycles. The molecule has 0 aliphatic heterocycles. The second-order valence-corrected chi connectivity index (χ2v) is 7.46. The number of nitrogens with two attached hydrogens (primary N) is 1. The van der Waals surface area contributed by atoms with Crippen molar-refractivity contribution in [3.8, 4) is 0 Å². The second-order valence-electron chi connectivity index (χ2n) is 7.46. The summed E-state index contributed by atoms with van der Waals surface area (Å²) in [6, 6.07) is 0.234. The van der Waals surface area contributed by atoms with Crippen LogP contribution in [0, 0.1) is 23.2 Å². The Balaban J connectivity index is 2.84. The third-order valence-electron chi connectivity index (χ3n) is 6.13. The van der Waals surface area contributed by atoms with Gasteiger partial charge in [0.15, 0.2) is 0 Å². The number of amides is 1. The molecular formula is C18H36N2O. The first-order valence-corrected chi connectivity index (χ1v) is 8.83. The Hall–Kier alpha value is -0.570. The predicted molar refractivity (Wildman–Crippen MR) is 90.0 cm³/mol. The Morgan fingerprint density at radius 2 is 1.81 bits per heavy atom. The van der Waals surface area contributed by atoms with Gasteiger partial charge in [0.2, 0.25) is 5.91 Å². The highest BCUT2D eigenvalue weighted by molar-refractivity contribution is 5.79. The van der Waals surface area contributed by atoms with E-state index in [4.69, 9.17) is 5.73 Å². The van der Waals surface area contributed by atoms with Crippen molar-refractivity contribution in [3.63, 3.8) is 0 Å². The van der Waals surface area contributed by atoms with E-state index in [1.54, 1.807) is 0 Å². The number of carbonyl (C=O) groups is 1. The summed E-state index contributed by atoms with van der Waals surface area (Å²) in [7, 11) is 0. The lowest BCUT2D eigenvalue weighted by atomic mass is 9.60. The molecule has 3 heteroatoms. The van der Waals surface area contributed by atoms with Crippen molar-refractivity contribution in [3.05, 3.63) is 0 Å². The van der Waals surface area contributed by atoms with Crippen LogP contribution in [0.1, 0.15) is 67.2 Å². The molecule has 0 bridgehead atoms. The van der Waals surface area contributed by atoms with Crippen LogP contribution in [0.5, 0.6) is 0 Å². The molecule has 124 valence electrons. The number of rotatable bonds is 6. The molecule has 0 radical (unpaired) electrons. The minimum atomic E-state index is -0.00387. The van der Waals surface area contributed by atoms with Gasteiger partial charge in [-0.25, -0.2) is 0 Å². The van der Waals surface area contributed by atoms with Gasteiger partial charge in [-0.1, -0.05) is 47.5 Å². The molecule has 1 aliphatic rings. The molecule has 1 fully saturated rings. The maximum Gasteiger partial charge on any atom is 0.226 e. The lowest BCUT2D eigenvalue weighted by molar-refractivity contribution is -0.144. The number of carbonyl (C=O) groups excluding carboxylic acids is 1. The summed E-state index contributed by atoms with van der Waals surface area (Å²) in [5.74, 6) is 1.50. The average molecular weight is 296 g/mol. The Bertz CT molecular complexity index is 336. The summed E-state index contributed by atoms with van der Waals surface area (Å²) in [6.07, 6.45) is 4.21. The van der Waals surface area contributed by atoms with E-state index in [-0.39, 0.29) is 17.4 Å². The summed E-state index contributed by atoms with van der Waals surface area (Å²) in [4.78, 5) is 15.1. The van der Waals surface area contributed by atoms with Crippen LogP contribution in [-0.2, 0) is 4.79 Å². The van der Waals surface area contributed by atoms with E-state index in [2.05, 4.69) is 46.4 Å². The predicted octanol–water partition coefficient (Wildman–Crippen LogP) is 3.67. The van der Waals surface area contributed by atoms with Gasteiger partial charge < -0.3 is 10.6 Å². The number of hydrogen-bond acceptors (Lipinski definition) is 2. The van der Waals surface area contributed by atoms with Crippen molar-refractivity contribution in [1.29, 1.82) is 0 Å². The normalized spacial score (nSPS) is 28.7. The van der Waals surface area contributed by atoms with Gasteiger partial charge in [0.25, 0.3) is 0 Å². The van der Waals surface area contributed by atoms with Crippen molar-refractivity contribution in [2.75, 3.05) is 13.1 Å². The van der Waals surface area contributed by atoms with Gasteiger partial charge in [0.05, 0.1) is 0 Å². The fourth-order valence-corrected chi connectivity index (χ4v) is 3.75. The van der Waals surface area contributed by atoms with E-state index in [9.17, 15) is 4.79 Å². The Kier molecular flexibility index (Phi) is 6.71. The second kappa shape index (κ2) is 7.62. The summed E-state index contributed by atoms with van der Waals surface area (Å²) in [6.45, 7) is 14.9. The molecule has 3 nitrogen and oxygen atoms in total. The van der Waals surface area contributed by atoms with Crippen LogP contribution in [0.4, 0.5) is 0 Å². The van der Waals surface area contributed by atoms with E-state index in [1.807, 2.05) is 0 Å². The topological polar surface area (TPSA) is 46.3 Å². The molecule has 3 unspecified atom stereocenters. The van der Waals surface area contributed by atoms with Gasteiger partial charge in [-0.05, 0) is 37.0 Å². The zero-order chi connectivity index (χ0) is 16.2. The van der Waals surface area contributed by atoms with Crippen LogP contribution in [0.3, 0.4) is 0 Å². The molecule has 21 heavy (non-hydrogen) atoms. The third-order valence-corrected chi connectivity index (χ3v) is 6.13. The van der Waals surface area contributed by atoms with E-state index in [0.717, 1.165) is 38.8 Å². The molecule has 0 aromatic rings. The van der Waals surface area contributed by atoms with Crippen molar-refractivity contribution < 1.29 is 4.79 Å². The molecule has 0 aromatic carbocycles. The van der Waals surface area contributed by atoms with Gasteiger partial charge in [-0.15, -0.1) is 0 Å². The van der Waals surface area contributed by atoms with Gasteiger partial charge in [0, 0.05) is 25.0 Å². The summed E-state index contributed by atoms with van der Waals surface area (Å²) < 4.78 is 0. The third kappa shape index (κ3) is 4.00. The largest absolute Gasteiger partial charge is 0.342 e. The first kappa shape index (κ1) is 18.5. The smallest absolute Gasteiger partial charge is 0.226 e. The molecule has 0 saturated heterocycles.